The largest absolute Gasteiger partial charge is 0.462 e. The molecule has 316 valence electrons. The summed E-state index contributed by atoms with van der Waals surface area (Å²) in [4.78, 5) is 37.5. The Hall–Kier alpha value is -4.45. The second-order valence-corrected chi connectivity index (χ2v) is 13.7. The molecule has 0 bridgehead atoms. The number of hydrogen-bond acceptors (Lipinski definition) is 6. The zero-order valence-electron chi connectivity index (χ0n) is 35.8. The lowest BCUT2D eigenvalue weighted by Crippen LogP contribution is -2.30. The molecule has 0 fully saturated rings. The summed E-state index contributed by atoms with van der Waals surface area (Å²) in [6, 6.07) is 0. The standard InChI is InChI=1S/C51H76O6/c1-4-7-10-13-16-19-21-23-24-25-26-28-29-32-35-38-41-44-50(53)56-47-48(46-55-49(52)43-40-37-34-31-18-15-12-9-6-3)57-51(54)45-42-39-36-33-30-27-22-20-17-14-11-8-5-2/h7,9-10,12-13,16,18-19,21,23-31,36-37,39-40,48H,4-6,8,11,14-15,17,20,22,32-35,38,41-47H2,1-3H3/b10-7-,12-9-,16-13-,21-19-,24-23-,26-25+,29-28-,30-27-,31-18-,39-36-,40-37-. The predicted molar refractivity (Wildman–Crippen MR) is 242 cm³/mol. The van der Waals surface area contributed by atoms with Gasteiger partial charge in [-0.15, -0.1) is 0 Å². The highest BCUT2D eigenvalue weighted by atomic mass is 16.6. The first-order chi connectivity index (χ1) is 28.0. The number of ether oxygens (including phenoxy) is 3. The first-order valence-corrected chi connectivity index (χ1v) is 21.8. The molecular formula is C51H76O6. The fourth-order valence-electron chi connectivity index (χ4n) is 5.11. The summed E-state index contributed by atoms with van der Waals surface area (Å²) in [7, 11) is 0. The van der Waals surface area contributed by atoms with Gasteiger partial charge in [0.05, 0.1) is 6.42 Å². The van der Waals surface area contributed by atoms with Gasteiger partial charge in [-0.3, -0.25) is 14.4 Å². The average Bonchev–Trinajstić information content (AvgIpc) is 3.21. The summed E-state index contributed by atoms with van der Waals surface area (Å²) < 4.78 is 16.4. The number of rotatable bonds is 36. The van der Waals surface area contributed by atoms with Crippen molar-refractivity contribution in [3.63, 3.8) is 0 Å². The summed E-state index contributed by atoms with van der Waals surface area (Å²) in [6.45, 7) is 6.13. The number of unbranched alkanes of at least 4 members (excludes halogenated alkanes) is 9. The highest BCUT2D eigenvalue weighted by molar-refractivity contribution is 5.72. The molecule has 0 heterocycles. The molecule has 0 spiro atoms. The molecule has 0 aliphatic heterocycles. The Labute approximate surface area is 347 Å². The molecule has 0 aromatic carbocycles. The molecule has 0 aromatic rings. The quantitative estimate of drug-likeness (QED) is 0.0207. The molecule has 0 radical (unpaired) electrons. The van der Waals surface area contributed by atoms with Crippen molar-refractivity contribution in [2.24, 2.45) is 0 Å². The highest BCUT2D eigenvalue weighted by Gasteiger charge is 2.19. The summed E-state index contributed by atoms with van der Waals surface area (Å²) in [5, 5.41) is 0. The maximum atomic E-state index is 12.7. The van der Waals surface area contributed by atoms with Gasteiger partial charge in [0, 0.05) is 12.8 Å². The second-order valence-electron chi connectivity index (χ2n) is 13.7. The third-order valence-electron chi connectivity index (χ3n) is 8.33. The Balaban J connectivity index is 4.63. The van der Waals surface area contributed by atoms with Crippen LogP contribution in [0.2, 0.25) is 0 Å². The normalized spacial score (nSPS) is 13.4. The smallest absolute Gasteiger partial charge is 0.309 e. The zero-order valence-corrected chi connectivity index (χ0v) is 35.8. The maximum absolute atomic E-state index is 12.7. The van der Waals surface area contributed by atoms with Crippen molar-refractivity contribution in [2.75, 3.05) is 13.2 Å². The van der Waals surface area contributed by atoms with Crippen LogP contribution in [0.25, 0.3) is 0 Å². The summed E-state index contributed by atoms with van der Waals surface area (Å²) in [5.74, 6) is -1.21. The van der Waals surface area contributed by atoms with E-state index in [0.29, 0.717) is 12.8 Å². The second kappa shape index (κ2) is 44.3. The minimum absolute atomic E-state index is 0.109. The van der Waals surface area contributed by atoms with Gasteiger partial charge >= 0.3 is 17.9 Å². The molecule has 0 amide bonds. The van der Waals surface area contributed by atoms with Crippen LogP contribution in [0.15, 0.2) is 134 Å². The topological polar surface area (TPSA) is 78.9 Å². The van der Waals surface area contributed by atoms with Crippen molar-refractivity contribution in [1.82, 2.24) is 0 Å². The molecular weight excluding hydrogens is 709 g/mol. The van der Waals surface area contributed by atoms with Crippen molar-refractivity contribution in [1.29, 1.82) is 0 Å². The molecule has 6 nitrogen and oxygen atoms in total. The Kier molecular flexibility index (Phi) is 40.8. The summed E-state index contributed by atoms with van der Waals surface area (Å²) >= 11 is 0. The van der Waals surface area contributed by atoms with Crippen LogP contribution in [0.1, 0.15) is 149 Å². The molecule has 1 unspecified atom stereocenters. The molecule has 0 aromatic heterocycles. The van der Waals surface area contributed by atoms with E-state index in [0.717, 1.165) is 57.8 Å². The molecule has 0 rings (SSSR count). The Morgan fingerprint density at radius 3 is 1.51 bits per heavy atom. The average molecular weight is 785 g/mol. The van der Waals surface area contributed by atoms with Gasteiger partial charge in [-0.1, -0.05) is 193 Å². The predicted octanol–water partition coefficient (Wildman–Crippen LogP) is 14.0. The van der Waals surface area contributed by atoms with E-state index in [1.807, 2.05) is 72.9 Å². The van der Waals surface area contributed by atoms with Crippen molar-refractivity contribution < 1.29 is 28.6 Å². The molecule has 57 heavy (non-hydrogen) atoms. The first-order valence-electron chi connectivity index (χ1n) is 21.8. The molecule has 0 aliphatic carbocycles. The first kappa shape index (κ1) is 52.6. The van der Waals surface area contributed by atoms with Crippen LogP contribution in [-0.2, 0) is 28.6 Å². The minimum atomic E-state index is -0.865. The Bertz CT molecular complexity index is 1320. The van der Waals surface area contributed by atoms with E-state index in [9.17, 15) is 14.4 Å². The van der Waals surface area contributed by atoms with Gasteiger partial charge in [0.1, 0.15) is 13.2 Å². The van der Waals surface area contributed by atoms with E-state index in [1.165, 1.54) is 38.5 Å². The van der Waals surface area contributed by atoms with E-state index in [-0.39, 0.29) is 38.4 Å². The van der Waals surface area contributed by atoms with Gasteiger partial charge in [-0.25, -0.2) is 0 Å². The van der Waals surface area contributed by atoms with E-state index >= 15 is 0 Å². The monoisotopic (exact) mass is 785 g/mol. The van der Waals surface area contributed by atoms with Crippen LogP contribution < -0.4 is 0 Å². The number of hydrogen-bond donors (Lipinski definition) is 0. The third kappa shape index (κ3) is 42.5. The lowest BCUT2D eigenvalue weighted by Gasteiger charge is -2.18. The van der Waals surface area contributed by atoms with E-state index in [2.05, 4.69) is 75.5 Å². The molecule has 0 saturated carbocycles. The van der Waals surface area contributed by atoms with E-state index in [1.54, 1.807) is 6.08 Å². The lowest BCUT2D eigenvalue weighted by molar-refractivity contribution is -0.166. The van der Waals surface area contributed by atoms with Gasteiger partial charge in [-0.2, -0.15) is 0 Å². The van der Waals surface area contributed by atoms with Gasteiger partial charge in [0.25, 0.3) is 0 Å². The SMILES string of the molecule is CC\C=C/C=C\C=C/C=C\C=C\C=C/CCCCCC(=O)OCC(COC(=O)C/C=C\C/C=C\C/C=C\CC)OC(=O)CC/C=C\C/C=C\CCCCCCCC. The zero-order chi connectivity index (χ0) is 41.5. The number of carbonyl (C=O) groups is 3. The van der Waals surface area contributed by atoms with Crippen molar-refractivity contribution in [3.05, 3.63) is 134 Å². The van der Waals surface area contributed by atoms with E-state index < -0.39 is 18.0 Å². The van der Waals surface area contributed by atoms with E-state index in [4.69, 9.17) is 14.2 Å². The maximum Gasteiger partial charge on any atom is 0.309 e. The minimum Gasteiger partial charge on any atom is -0.462 e. The summed E-state index contributed by atoms with van der Waals surface area (Å²) in [6.07, 6.45) is 61.9. The fraction of sp³-hybridized carbons (Fsp3) is 0.510. The molecule has 1 atom stereocenters. The van der Waals surface area contributed by atoms with Crippen molar-refractivity contribution in [3.8, 4) is 0 Å². The van der Waals surface area contributed by atoms with Gasteiger partial charge < -0.3 is 14.2 Å². The number of carbonyl (C=O) groups excluding carboxylic acids is 3. The number of allylic oxidation sites excluding steroid dienone is 21. The molecule has 0 aliphatic rings. The Morgan fingerprint density at radius 2 is 0.877 bits per heavy atom. The molecule has 0 saturated heterocycles. The highest BCUT2D eigenvalue weighted by Crippen LogP contribution is 2.09. The van der Waals surface area contributed by atoms with Gasteiger partial charge in [-0.05, 0) is 70.6 Å². The molecule has 6 heteroatoms. The van der Waals surface area contributed by atoms with Crippen LogP contribution in [-0.4, -0.2) is 37.2 Å². The third-order valence-corrected chi connectivity index (χ3v) is 8.33. The Morgan fingerprint density at radius 1 is 0.404 bits per heavy atom. The van der Waals surface area contributed by atoms with Crippen LogP contribution in [0, 0.1) is 0 Å². The van der Waals surface area contributed by atoms with Crippen LogP contribution in [0.4, 0.5) is 0 Å². The number of esters is 3. The van der Waals surface area contributed by atoms with Crippen molar-refractivity contribution in [2.45, 2.75) is 155 Å². The van der Waals surface area contributed by atoms with Crippen LogP contribution in [0.5, 0.6) is 0 Å². The van der Waals surface area contributed by atoms with Crippen LogP contribution >= 0.6 is 0 Å². The molecule has 0 N–H and O–H groups in total. The fourth-order valence-corrected chi connectivity index (χ4v) is 5.11. The van der Waals surface area contributed by atoms with Gasteiger partial charge in [0.2, 0.25) is 0 Å². The summed E-state index contributed by atoms with van der Waals surface area (Å²) in [5.41, 5.74) is 0. The van der Waals surface area contributed by atoms with Gasteiger partial charge in [0.15, 0.2) is 6.10 Å². The lowest BCUT2D eigenvalue weighted by atomic mass is 10.1. The van der Waals surface area contributed by atoms with Crippen LogP contribution in [0.3, 0.4) is 0 Å². The van der Waals surface area contributed by atoms with Crippen molar-refractivity contribution >= 4 is 17.9 Å².